The van der Waals surface area contributed by atoms with Gasteiger partial charge in [-0.05, 0) is 44.4 Å². The van der Waals surface area contributed by atoms with Crippen LogP contribution in [0.4, 0.5) is 23.5 Å². The lowest BCUT2D eigenvalue weighted by molar-refractivity contribution is -0.286. The number of ether oxygens (including phenoxy) is 2. The Labute approximate surface area is 179 Å². The second-order valence-corrected chi connectivity index (χ2v) is 8.73. The molecule has 32 heavy (non-hydrogen) atoms. The lowest BCUT2D eigenvalue weighted by Gasteiger charge is -2.36. The molecule has 4 heterocycles. The van der Waals surface area contributed by atoms with Crippen LogP contribution in [0.2, 0.25) is 0 Å². The van der Waals surface area contributed by atoms with Gasteiger partial charge >= 0.3 is 6.29 Å². The maximum atomic E-state index is 13.8. The lowest BCUT2D eigenvalue weighted by Crippen LogP contribution is -2.46. The van der Waals surface area contributed by atoms with E-state index in [-0.39, 0.29) is 47.9 Å². The Bertz CT molecular complexity index is 1230. The van der Waals surface area contributed by atoms with Crippen molar-refractivity contribution in [1.29, 1.82) is 0 Å². The summed E-state index contributed by atoms with van der Waals surface area (Å²) in [4.78, 5) is 10.7. The predicted molar refractivity (Wildman–Crippen MR) is 105 cm³/mol. The molecule has 1 saturated carbocycles. The number of nitrogens with zero attached hydrogens (tertiary/aromatic N) is 5. The molecule has 2 unspecified atom stereocenters. The summed E-state index contributed by atoms with van der Waals surface area (Å²) < 4.78 is 65.3. The summed E-state index contributed by atoms with van der Waals surface area (Å²) in [6.45, 7) is 0.465. The highest BCUT2D eigenvalue weighted by Gasteiger charge is 2.45. The normalized spacial score (nSPS) is 26.9. The van der Waals surface area contributed by atoms with Crippen LogP contribution in [0.25, 0.3) is 16.6 Å². The molecule has 6 rings (SSSR count). The second kappa shape index (κ2) is 6.56. The molecule has 1 aliphatic carbocycles. The second-order valence-electron chi connectivity index (χ2n) is 8.73. The Balaban J connectivity index is 1.33. The third-order valence-corrected chi connectivity index (χ3v) is 6.56. The molecular formula is C20H20F4N6O2. The van der Waals surface area contributed by atoms with Crippen molar-refractivity contribution in [1.82, 2.24) is 24.5 Å². The largest absolute Gasteiger partial charge is 0.586 e. The molecule has 1 aromatic carbocycles. The number of nitrogen functional groups attached to an aromatic ring is 1. The van der Waals surface area contributed by atoms with E-state index in [9.17, 15) is 17.6 Å². The standard InChI is InChI=1S/C20H20F4N6O2/c21-19(22)6-1-7-29(9-19)11-3-2-10(8-11)16-27-17-12-4-5-13-15(32-20(23,24)31-13)14(12)26-18(25)30(17)28-16/h4-5,10-11H,1-3,6-9H2,(H2,25,26). The first kappa shape index (κ1) is 19.8. The zero-order chi connectivity index (χ0) is 22.3. The molecule has 2 atom stereocenters. The topological polar surface area (TPSA) is 90.8 Å². The number of alkyl halides is 4. The van der Waals surface area contributed by atoms with Crippen molar-refractivity contribution in [2.24, 2.45) is 0 Å². The van der Waals surface area contributed by atoms with E-state index >= 15 is 0 Å². The average Bonchev–Trinajstić information content (AvgIpc) is 3.42. The number of hydrogen-bond donors (Lipinski definition) is 1. The van der Waals surface area contributed by atoms with Crippen molar-refractivity contribution in [3.63, 3.8) is 0 Å². The number of hydrogen-bond acceptors (Lipinski definition) is 7. The van der Waals surface area contributed by atoms with Gasteiger partial charge in [0.25, 0.3) is 5.92 Å². The Morgan fingerprint density at radius 1 is 1.09 bits per heavy atom. The minimum Gasteiger partial charge on any atom is -0.395 e. The van der Waals surface area contributed by atoms with Gasteiger partial charge in [0.1, 0.15) is 5.52 Å². The van der Waals surface area contributed by atoms with Gasteiger partial charge in [-0.2, -0.15) is 4.52 Å². The number of benzene rings is 1. The van der Waals surface area contributed by atoms with Crippen LogP contribution in [-0.2, 0) is 0 Å². The predicted octanol–water partition coefficient (Wildman–Crippen LogP) is 3.55. The maximum Gasteiger partial charge on any atom is 0.586 e. The lowest BCUT2D eigenvalue weighted by atomic mass is 10.0. The van der Waals surface area contributed by atoms with Crippen LogP contribution < -0.4 is 15.2 Å². The van der Waals surface area contributed by atoms with E-state index in [0.717, 1.165) is 12.8 Å². The molecular weight excluding hydrogens is 432 g/mol. The number of rotatable bonds is 2. The van der Waals surface area contributed by atoms with E-state index in [0.29, 0.717) is 36.2 Å². The van der Waals surface area contributed by atoms with Crippen molar-refractivity contribution in [2.45, 2.75) is 56.3 Å². The highest BCUT2D eigenvalue weighted by molar-refractivity contribution is 5.97. The molecule has 1 saturated heterocycles. The van der Waals surface area contributed by atoms with E-state index < -0.39 is 12.2 Å². The van der Waals surface area contributed by atoms with Crippen LogP contribution in [0.3, 0.4) is 0 Å². The Kier molecular flexibility index (Phi) is 4.05. The van der Waals surface area contributed by atoms with Crippen LogP contribution in [0.5, 0.6) is 11.5 Å². The van der Waals surface area contributed by atoms with Crippen LogP contribution in [-0.4, -0.2) is 55.8 Å². The summed E-state index contributed by atoms with van der Waals surface area (Å²) in [6, 6.07) is 2.99. The maximum absolute atomic E-state index is 13.8. The molecule has 3 aliphatic rings. The Morgan fingerprint density at radius 2 is 1.94 bits per heavy atom. The number of anilines is 1. The first-order valence-corrected chi connectivity index (χ1v) is 10.6. The fourth-order valence-electron chi connectivity index (χ4n) is 5.12. The van der Waals surface area contributed by atoms with Gasteiger partial charge in [0, 0.05) is 23.8 Å². The molecule has 2 N–H and O–H groups in total. The third-order valence-electron chi connectivity index (χ3n) is 6.56. The molecule has 3 aromatic rings. The first-order valence-electron chi connectivity index (χ1n) is 10.6. The summed E-state index contributed by atoms with van der Waals surface area (Å²) in [7, 11) is 0. The van der Waals surface area contributed by atoms with Gasteiger partial charge in [0.2, 0.25) is 5.95 Å². The van der Waals surface area contributed by atoms with Crippen LogP contribution in [0.1, 0.15) is 43.8 Å². The number of aromatic nitrogens is 4. The van der Waals surface area contributed by atoms with Crippen LogP contribution in [0.15, 0.2) is 12.1 Å². The number of halogens is 4. The van der Waals surface area contributed by atoms with Crippen molar-refractivity contribution in [3.05, 3.63) is 18.0 Å². The van der Waals surface area contributed by atoms with Gasteiger partial charge in [0.05, 0.1) is 6.54 Å². The minimum atomic E-state index is -3.78. The van der Waals surface area contributed by atoms with Crippen molar-refractivity contribution >= 4 is 22.5 Å². The molecule has 2 aromatic heterocycles. The van der Waals surface area contributed by atoms with E-state index in [1.165, 1.54) is 10.6 Å². The highest BCUT2D eigenvalue weighted by atomic mass is 19.3. The molecule has 0 radical (unpaired) electrons. The molecule has 12 heteroatoms. The van der Waals surface area contributed by atoms with Gasteiger partial charge in [-0.25, -0.2) is 18.7 Å². The van der Waals surface area contributed by atoms with Crippen molar-refractivity contribution in [2.75, 3.05) is 18.8 Å². The van der Waals surface area contributed by atoms with Crippen molar-refractivity contribution in [3.8, 4) is 11.5 Å². The fraction of sp³-hybridized carbons (Fsp3) is 0.550. The van der Waals surface area contributed by atoms with Crippen LogP contribution in [0, 0.1) is 0 Å². The Morgan fingerprint density at radius 3 is 2.75 bits per heavy atom. The minimum absolute atomic E-state index is 0.0109. The number of nitrogens with two attached hydrogens (primary N) is 1. The molecule has 0 amide bonds. The summed E-state index contributed by atoms with van der Waals surface area (Å²) in [5.74, 6) is -2.46. The molecule has 8 nitrogen and oxygen atoms in total. The molecule has 0 spiro atoms. The van der Waals surface area contributed by atoms with Gasteiger partial charge in [-0.1, -0.05) is 0 Å². The Hall–Kier alpha value is -2.89. The van der Waals surface area contributed by atoms with E-state index in [2.05, 4.69) is 24.5 Å². The highest BCUT2D eigenvalue weighted by Crippen LogP contribution is 2.46. The summed E-state index contributed by atoms with van der Waals surface area (Å²) >= 11 is 0. The van der Waals surface area contributed by atoms with Crippen molar-refractivity contribution < 1.29 is 27.0 Å². The van der Waals surface area contributed by atoms with E-state index in [1.807, 2.05) is 4.90 Å². The van der Waals surface area contributed by atoms with E-state index in [1.54, 1.807) is 6.07 Å². The van der Waals surface area contributed by atoms with Gasteiger partial charge < -0.3 is 15.2 Å². The zero-order valence-corrected chi connectivity index (χ0v) is 16.9. The number of piperidine rings is 1. The SMILES string of the molecule is Nc1nc2c3c(ccc2c2nc(C4CCC(N5CCCC(F)(F)C5)C4)nn12)OC(F)(F)O3. The first-order chi connectivity index (χ1) is 15.2. The zero-order valence-electron chi connectivity index (χ0n) is 16.9. The molecule has 2 aliphatic heterocycles. The summed E-state index contributed by atoms with van der Waals surface area (Å²) in [6.07, 6.45) is -1.10. The molecule has 2 fully saturated rings. The number of fused-ring (bicyclic) bond motifs is 5. The van der Waals surface area contributed by atoms with Gasteiger partial charge in [0.15, 0.2) is 23.0 Å². The molecule has 0 bridgehead atoms. The van der Waals surface area contributed by atoms with Gasteiger partial charge in [-0.15, -0.1) is 13.9 Å². The third kappa shape index (κ3) is 3.11. The average molecular weight is 452 g/mol. The summed E-state index contributed by atoms with van der Waals surface area (Å²) in [5.41, 5.74) is 6.53. The van der Waals surface area contributed by atoms with Gasteiger partial charge in [-0.3, -0.25) is 4.90 Å². The smallest absolute Gasteiger partial charge is 0.395 e. The quantitative estimate of drug-likeness (QED) is 0.595. The summed E-state index contributed by atoms with van der Waals surface area (Å²) in [5, 5.41) is 4.95. The fourth-order valence-corrected chi connectivity index (χ4v) is 5.12. The van der Waals surface area contributed by atoms with Crippen LogP contribution >= 0.6 is 0 Å². The monoisotopic (exact) mass is 452 g/mol. The van der Waals surface area contributed by atoms with E-state index in [4.69, 9.17) is 5.73 Å². The number of likely N-dealkylation sites (tertiary alicyclic amines) is 1. The molecule has 170 valence electrons.